The van der Waals surface area contributed by atoms with Gasteiger partial charge in [0.05, 0.1) is 28.6 Å². The molecule has 2 aromatic rings. The van der Waals surface area contributed by atoms with Gasteiger partial charge in [-0.2, -0.15) is 13.2 Å². The van der Waals surface area contributed by atoms with Crippen molar-refractivity contribution in [1.29, 1.82) is 0 Å². The lowest BCUT2D eigenvalue weighted by Gasteiger charge is -2.25. The molecule has 0 radical (unpaired) electrons. The summed E-state index contributed by atoms with van der Waals surface area (Å²) in [5.74, 6) is -0.683. The number of aryl methyl sites for hydroxylation is 1. The Labute approximate surface area is 172 Å². The van der Waals surface area contributed by atoms with Crippen molar-refractivity contribution in [3.63, 3.8) is 0 Å². The van der Waals surface area contributed by atoms with Crippen LogP contribution < -0.4 is 9.62 Å². The van der Waals surface area contributed by atoms with Gasteiger partial charge in [0.1, 0.15) is 6.54 Å². The largest absolute Gasteiger partial charge is 0.416 e. The molecule has 0 bridgehead atoms. The molecule has 1 N–H and O–H groups in total. The molecule has 0 aliphatic rings. The zero-order valence-electron chi connectivity index (χ0n) is 15.9. The molecule has 2 aromatic carbocycles. The van der Waals surface area contributed by atoms with Crippen molar-refractivity contribution in [3.8, 4) is 0 Å². The van der Waals surface area contributed by atoms with Crippen LogP contribution in [0.2, 0.25) is 5.02 Å². The third-order valence-electron chi connectivity index (χ3n) is 4.18. The standard InChI is InChI=1S/C19H20ClF3N2O3S/c1-12-4-6-14(7-5-12)13(2)24-18(26)11-25(29(3,27)28)17-10-15(19(21,22)23)8-9-16(17)20/h4-10,13H,11H2,1-3H3,(H,24,26)/t13-/m1/s1. The zero-order chi connectivity index (χ0) is 22.0. The monoisotopic (exact) mass is 448 g/mol. The van der Waals surface area contributed by atoms with Gasteiger partial charge < -0.3 is 5.32 Å². The average molecular weight is 449 g/mol. The van der Waals surface area contributed by atoms with Crippen LogP contribution in [0.3, 0.4) is 0 Å². The molecule has 0 aromatic heterocycles. The second-order valence-corrected chi connectivity index (χ2v) is 8.95. The van der Waals surface area contributed by atoms with Gasteiger partial charge in [0, 0.05) is 0 Å². The van der Waals surface area contributed by atoms with E-state index in [-0.39, 0.29) is 5.02 Å². The van der Waals surface area contributed by atoms with Gasteiger partial charge in [0.2, 0.25) is 15.9 Å². The number of carbonyl (C=O) groups is 1. The van der Waals surface area contributed by atoms with Gasteiger partial charge in [-0.15, -0.1) is 0 Å². The molecule has 0 fully saturated rings. The van der Waals surface area contributed by atoms with Crippen molar-refractivity contribution in [1.82, 2.24) is 5.32 Å². The summed E-state index contributed by atoms with van der Waals surface area (Å²) >= 11 is 5.94. The number of hydrogen-bond donors (Lipinski definition) is 1. The molecular weight excluding hydrogens is 429 g/mol. The molecule has 2 rings (SSSR count). The van der Waals surface area contributed by atoms with Crippen LogP contribution in [0.4, 0.5) is 18.9 Å². The number of anilines is 1. The van der Waals surface area contributed by atoms with E-state index in [1.165, 1.54) is 0 Å². The lowest BCUT2D eigenvalue weighted by atomic mass is 10.1. The SMILES string of the molecule is Cc1ccc([C@@H](C)NC(=O)CN(c2cc(C(F)(F)F)ccc2Cl)S(C)(=O)=O)cc1. The lowest BCUT2D eigenvalue weighted by Crippen LogP contribution is -2.41. The van der Waals surface area contributed by atoms with E-state index in [0.717, 1.165) is 29.5 Å². The molecule has 1 atom stereocenters. The van der Waals surface area contributed by atoms with Gasteiger partial charge in [0.15, 0.2) is 0 Å². The van der Waals surface area contributed by atoms with Gasteiger partial charge in [-0.05, 0) is 37.6 Å². The fourth-order valence-corrected chi connectivity index (χ4v) is 3.75. The number of nitrogens with one attached hydrogen (secondary N) is 1. The van der Waals surface area contributed by atoms with Gasteiger partial charge in [0.25, 0.3) is 0 Å². The molecule has 0 aliphatic heterocycles. The number of halogens is 4. The van der Waals surface area contributed by atoms with Crippen molar-refractivity contribution in [3.05, 3.63) is 64.2 Å². The maximum atomic E-state index is 13.0. The quantitative estimate of drug-likeness (QED) is 0.716. The Kier molecular flexibility index (Phi) is 6.85. The Morgan fingerprint density at radius 3 is 2.28 bits per heavy atom. The minimum absolute atomic E-state index is 0.220. The zero-order valence-corrected chi connectivity index (χ0v) is 17.5. The van der Waals surface area contributed by atoms with Crippen LogP contribution >= 0.6 is 11.6 Å². The second-order valence-electron chi connectivity index (χ2n) is 6.63. The van der Waals surface area contributed by atoms with Crippen molar-refractivity contribution < 1.29 is 26.4 Å². The third-order valence-corrected chi connectivity index (χ3v) is 5.63. The first-order valence-electron chi connectivity index (χ1n) is 8.49. The number of benzene rings is 2. The minimum Gasteiger partial charge on any atom is -0.348 e. The summed E-state index contributed by atoms with van der Waals surface area (Å²) in [4.78, 5) is 12.4. The normalized spacial score (nSPS) is 13.1. The predicted molar refractivity (Wildman–Crippen MR) is 106 cm³/mol. The molecule has 10 heteroatoms. The van der Waals surface area contributed by atoms with Crippen molar-refractivity contribution in [2.45, 2.75) is 26.1 Å². The van der Waals surface area contributed by atoms with E-state index in [1.807, 2.05) is 31.2 Å². The Morgan fingerprint density at radius 1 is 1.17 bits per heavy atom. The highest BCUT2D eigenvalue weighted by atomic mass is 35.5. The second kappa shape index (κ2) is 8.62. The Balaban J connectivity index is 2.28. The molecule has 0 saturated heterocycles. The van der Waals surface area contributed by atoms with E-state index in [9.17, 15) is 26.4 Å². The van der Waals surface area contributed by atoms with E-state index in [0.29, 0.717) is 10.4 Å². The van der Waals surface area contributed by atoms with E-state index in [2.05, 4.69) is 5.32 Å². The average Bonchev–Trinajstić information content (AvgIpc) is 2.59. The summed E-state index contributed by atoms with van der Waals surface area (Å²) in [5.41, 5.74) is 0.350. The molecule has 1 amide bonds. The molecule has 0 spiro atoms. The number of nitrogens with zero attached hydrogens (tertiary/aromatic N) is 1. The molecule has 5 nitrogen and oxygen atoms in total. The molecule has 29 heavy (non-hydrogen) atoms. The number of alkyl halides is 3. The summed E-state index contributed by atoms with van der Waals surface area (Å²) in [7, 11) is -4.08. The first-order chi connectivity index (χ1) is 13.3. The topological polar surface area (TPSA) is 66.5 Å². The third kappa shape index (κ3) is 6.11. The van der Waals surface area contributed by atoms with Crippen LogP contribution in [0.5, 0.6) is 0 Å². The number of carbonyl (C=O) groups excluding carboxylic acids is 1. The van der Waals surface area contributed by atoms with Crippen LogP contribution in [-0.2, 0) is 21.0 Å². The van der Waals surface area contributed by atoms with E-state index in [1.54, 1.807) is 6.92 Å². The highest BCUT2D eigenvalue weighted by molar-refractivity contribution is 7.92. The molecule has 0 unspecified atom stereocenters. The van der Waals surface area contributed by atoms with Crippen molar-refractivity contribution in [2.75, 3.05) is 17.1 Å². The van der Waals surface area contributed by atoms with Crippen LogP contribution in [0.15, 0.2) is 42.5 Å². The predicted octanol–water partition coefficient (Wildman–Crippen LogP) is 4.31. The first kappa shape index (κ1) is 23.0. The number of sulfonamides is 1. The number of rotatable bonds is 6. The van der Waals surface area contributed by atoms with Crippen molar-refractivity contribution in [2.24, 2.45) is 0 Å². The van der Waals surface area contributed by atoms with Crippen molar-refractivity contribution >= 4 is 33.2 Å². The lowest BCUT2D eigenvalue weighted by molar-refractivity contribution is -0.137. The highest BCUT2D eigenvalue weighted by Crippen LogP contribution is 2.36. The Hall–Kier alpha value is -2.26. The maximum Gasteiger partial charge on any atom is 0.416 e. The van der Waals surface area contributed by atoms with Crippen LogP contribution in [-0.4, -0.2) is 27.1 Å². The Morgan fingerprint density at radius 2 is 1.76 bits per heavy atom. The summed E-state index contributed by atoms with van der Waals surface area (Å²) in [5, 5.41) is 2.42. The van der Waals surface area contributed by atoms with E-state index < -0.39 is 45.9 Å². The van der Waals surface area contributed by atoms with Gasteiger partial charge in [-0.1, -0.05) is 41.4 Å². The van der Waals surface area contributed by atoms with Gasteiger partial charge in [-0.25, -0.2) is 8.42 Å². The molecule has 0 saturated carbocycles. The van der Waals surface area contributed by atoms with Gasteiger partial charge in [-0.3, -0.25) is 9.10 Å². The minimum atomic E-state index is -4.69. The molecular formula is C19H20ClF3N2O3S. The van der Waals surface area contributed by atoms with E-state index >= 15 is 0 Å². The fourth-order valence-electron chi connectivity index (χ4n) is 2.62. The summed E-state index contributed by atoms with van der Waals surface area (Å²) < 4.78 is 64.0. The first-order valence-corrected chi connectivity index (χ1v) is 10.7. The number of hydrogen-bond acceptors (Lipinski definition) is 3. The smallest absolute Gasteiger partial charge is 0.348 e. The Bertz CT molecular complexity index is 993. The summed E-state index contributed by atoms with van der Waals surface area (Å²) in [6, 6.07) is 9.24. The highest BCUT2D eigenvalue weighted by Gasteiger charge is 2.33. The van der Waals surface area contributed by atoms with E-state index in [4.69, 9.17) is 11.6 Å². The number of amides is 1. The summed E-state index contributed by atoms with van der Waals surface area (Å²) in [6.45, 7) is 2.91. The van der Waals surface area contributed by atoms with Gasteiger partial charge >= 0.3 is 6.18 Å². The molecule has 0 heterocycles. The van der Waals surface area contributed by atoms with Crippen LogP contribution in [0, 0.1) is 6.92 Å². The molecule has 0 aliphatic carbocycles. The summed E-state index contributed by atoms with van der Waals surface area (Å²) in [6.07, 6.45) is -3.90. The van der Waals surface area contributed by atoms with Crippen LogP contribution in [0.1, 0.15) is 29.7 Å². The fraction of sp³-hybridized carbons (Fsp3) is 0.316. The molecule has 158 valence electrons. The van der Waals surface area contributed by atoms with Crippen LogP contribution in [0.25, 0.3) is 0 Å². The maximum absolute atomic E-state index is 13.0.